The fourth-order valence-electron chi connectivity index (χ4n) is 6.33. The van der Waals surface area contributed by atoms with Gasteiger partial charge in [0.1, 0.15) is 6.10 Å². The number of anilines is 1. The molecule has 13 heteroatoms. The summed E-state index contributed by atoms with van der Waals surface area (Å²) in [5.74, 6) is -0.430. The average molecular weight is 696 g/mol. The van der Waals surface area contributed by atoms with Crippen LogP contribution in [-0.4, -0.2) is 80.7 Å². The minimum atomic E-state index is -4.15. The van der Waals surface area contributed by atoms with Gasteiger partial charge in [0, 0.05) is 34.1 Å². The van der Waals surface area contributed by atoms with Gasteiger partial charge in [0.15, 0.2) is 6.29 Å². The number of rotatable bonds is 12. The zero-order valence-electron chi connectivity index (χ0n) is 27.1. The number of carbonyl (C=O) groups is 2. The van der Waals surface area contributed by atoms with Crippen LogP contribution in [-0.2, 0) is 35.4 Å². The van der Waals surface area contributed by atoms with E-state index in [0.717, 1.165) is 21.7 Å². The van der Waals surface area contributed by atoms with E-state index in [2.05, 4.69) is 10.6 Å². The predicted octanol–water partition coefficient (Wildman–Crippen LogP) is 4.66. The van der Waals surface area contributed by atoms with E-state index in [9.17, 15) is 23.1 Å². The number of ether oxygens (including phenoxy) is 3. The first-order chi connectivity index (χ1) is 23.0. The monoisotopic (exact) mass is 695 g/mol. The van der Waals surface area contributed by atoms with Crippen molar-refractivity contribution in [1.29, 1.82) is 0 Å². The molecule has 5 atom stereocenters. The maximum atomic E-state index is 14.2. The number of hydrogen-bond acceptors (Lipinski definition) is 9. The fraction of sp³-hybridized carbons (Fsp3) is 0.429. The molecule has 2 amide bonds. The van der Waals surface area contributed by atoms with Gasteiger partial charge in [0.2, 0.25) is 10.0 Å². The quantitative estimate of drug-likeness (QED) is 0.233. The Labute approximate surface area is 284 Å². The molecule has 3 aliphatic heterocycles. The van der Waals surface area contributed by atoms with Gasteiger partial charge in [-0.3, -0.25) is 4.79 Å². The number of amides is 2. The Kier molecular flexibility index (Phi) is 10.3. The molecule has 256 valence electrons. The van der Waals surface area contributed by atoms with Gasteiger partial charge in [-0.15, -0.1) is 11.3 Å². The van der Waals surface area contributed by atoms with E-state index < -0.39 is 34.4 Å². The summed E-state index contributed by atoms with van der Waals surface area (Å²) in [4.78, 5) is 28.0. The van der Waals surface area contributed by atoms with Crippen LogP contribution in [0.2, 0.25) is 0 Å². The van der Waals surface area contributed by atoms with Crippen molar-refractivity contribution in [2.45, 2.75) is 63.0 Å². The highest BCUT2D eigenvalue weighted by atomic mass is 32.2. The molecule has 4 heterocycles. The Bertz CT molecular complexity index is 1770. The summed E-state index contributed by atoms with van der Waals surface area (Å²) in [6.45, 7) is 6.36. The molecule has 3 N–H and O–H groups in total. The van der Waals surface area contributed by atoms with E-state index in [4.69, 9.17) is 14.2 Å². The normalized spacial score (nSPS) is 22.5. The van der Waals surface area contributed by atoms with E-state index in [0.29, 0.717) is 23.4 Å². The third-order valence-corrected chi connectivity index (χ3v) is 11.5. The van der Waals surface area contributed by atoms with Crippen LogP contribution < -0.4 is 10.6 Å². The first kappa shape index (κ1) is 34.3. The third kappa shape index (κ3) is 7.66. The van der Waals surface area contributed by atoms with E-state index >= 15 is 0 Å². The minimum Gasteiger partial charge on any atom is -0.443 e. The topological polar surface area (TPSA) is 144 Å². The molecule has 11 nitrogen and oxygen atoms in total. The molecule has 0 aliphatic carbocycles. The zero-order valence-corrected chi connectivity index (χ0v) is 28.8. The van der Waals surface area contributed by atoms with Crippen LogP contribution >= 0.6 is 11.3 Å². The average Bonchev–Trinajstić information content (AvgIpc) is 3.83. The number of hydrogen-bond donors (Lipinski definition) is 3. The Morgan fingerprint density at radius 1 is 1.15 bits per heavy atom. The molecule has 3 aliphatic rings. The Morgan fingerprint density at radius 2 is 1.94 bits per heavy atom. The molecule has 0 bridgehead atoms. The fourth-order valence-corrected chi connectivity index (χ4v) is 8.80. The number of fused-ring (bicyclic) bond motifs is 2. The van der Waals surface area contributed by atoms with Gasteiger partial charge in [-0.05, 0) is 67.7 Å². The van der Waals surface area contributed by atoms with Crippen LogP contribution in [0, 0.1) is 18.8 Å². The molecule has 2 aromatic carbocycles. The van der Waals surface area contributed by atoms with E-state index in [1.165, 1.54) is 27.8 Å². The van der Waals surface area contributed by atoms with Crippen molar-refractivity contribution in [3.05, 3.63) is 81.5 Å². The second-order valence-electron chi connectivity index (χ2n) is 12.9. The lowest BCUT2D eigenvalue weighted by Crippen LogP contribution is -2.51. The summed E-state index contributed by atoms with van der Waals surface area (Å²) in [7, 11) is -4.15. The molecule has 2 fully saturated rings. The number of benzene rings is 2. The highest BCUT2D eigenvalue weighted by molar-refractivity contribution is 7.89. The van der Waals surface area contributed by atoms with E-state index in [1.807, 2.05) is 63.2 Å². The first-order valence-corrected chi connectivity index (χ1v) is 18.4. The van der Waals surface area contributed by atoms with Crippen LogP contribution in [0.1, 0.15) is 41.1 Å². The summed E-state index contributed by atoms with van der Waals surface area (Å²) >= 11 is 1.54. The summed E-state index contributed by atoms with van der Waals surface area (Å²) in [6, 6.07) is 16.9. The molecule has 6 rings (SSSR count). The van der Waals surface area contributed by atoms with Crippen molar-refractivity contribution in [2.24, 2.45) is 11.8 Å². The van der Waals surface area contributed by atoms with Crippen LogP contribution in [0.5, 0.6) is 0 Å². The summed E-state index contributed by atoms with van der Waals surface area (Å²) in [5, 5.41) is 17.3. The van der Waals surface area contributed by atoms with Crippen LogP contribution in [0.25, 0.3) is 11.6 Å². The van der Waals surface area contributed by atoms with E-state index in [-0.39, 0.29) is 55.0 Å². The van der Waals surface area contributed by atoms with Gasteiger partial charge in [-0.25, -0.2) is 13.2 Å². The summed E-state index contributed by atoms with van der Waals surface area (Å²) < 4.78 is 46.6. The number of aliphatic hydroxyl groups excluding tert-OH is 1. The van der Waals surface area contributed by atoms with Crippen LogP contribution in [0.3, 0.4) is 0 Å². The van der Waals surface area contributed by atoms with Crippen LogP contribution in [0.15, 0.2) is 65.6 Å². The number of nitrogens with one attached hydrogen (secondary N) is 2. The van der Waals surface area contributed by atoms with E-state index in [1.54, 1.807) is 12.1 Å². The number of sulfonamides is 1. The number of carbonyl (C=O) groups excluding carboxylic acids is 2. The number of aliphatic hydroxyl groups is 1. The minimum absolute atomic E-state index is 0.000378. The van der Waals surface area contributed by atoms with Gasteiger partial charge in [-0.1, -0.05) is 44.2 Å². The molecule has 0 spiro atoms. The SMILES string of the molecule is Cc1ccc(/C=C2\C(=O)Nc3ccc(S(=O)(=O)N(CC(C)C)C[C@@H](O)[C@H](Cc4ccccc4)NC(=O)O[C@H]4CO[C@H]5OCC[C@H]54)cc32)s1. The third-order valence-electron chi connectivity index (χ3n) is 8.73. The summed E-state index contributed by atoms with van der Waals surface area (Å²) in [6.07, 6.45) is -0.141. The Hall–Kier alpha value is -3.59. The van der Waals surface area contributed by atoms with Crippen molar-refractivity contribution >= 4 is 50.7 Å². The Morgan fingerprint density at radius 3 is 2.67 bits per heavy atom. The molecule has 2 saturated heterocycles. The van der Waals surface area contributed by atoms with Crippen LogP contribution in [0.4, 0.5) is 10.5 Å². The molecular weight excluding hydrogens is 655 g/mol. The highest BCUT2D eigenvalue weighted by Crippen LogP contribution is 2.37. The molecule has 3 aromatic rings. The molecule has 0 unspecified atom stereocenters. The standard InChI is InChI=1S/C35H41N3O8S2/c1-21(2)18-38(48(42,43)25-11-12-29-27(17-25)28(33(40)36-29)16-24-10-9-22(3)47-24)19-31(39)30(15-23-7-5-4-6-8-23)37-35(41)46-32-20-45-34-26(32)13-14-44-34/h4-12,16-17,21,26,30-32,34,39H,13-15,18-20H2,1-3H3,(H,36,40)(H,37,41)/b28-16-/t26-,30-,31+,32-,34+/m0/s1. The van der Waals surface area contributed by atoms with Crippen molar-refractivity contribution in [3.8, 4) is 0 Å². The molecule has 0 radical (unpaired) electrons. The van der Waals surface area contributed by atoms with Gasteiger partial charge in [0.05, 0.1) is 41.7 Å². The van der Waals surface area contributed by atoms with Gasteiger partial charge in [0.25, 0.3) is 5.91 Å². The molecule has 48 heavy (non-hydrogen) atoms. The lowest BCUT2D eigenvalue weighted by molar-refractivity contribution is -0.110. The number of nitrogens with zero attached hydrogens (tertiary/aromatic N) is 1. The van der Waals surface area contributed by atoms with Crippen molar-refractivity contribution in [2.75, 3.05) is 31.6 Å². The number of alkyl carbamates (subject to hydrolysis) is 1. The number of aryl methyl sites for hydroxylation is 1. The van der Waals surface area contributed by atoms with Crippen molar-refractivity contribution < 1.29 is 37.3 Å². The second-order valence-corrected chi connectivity index (χ2v) is 16.1. The maximum absolute atomic E-state index is 14.2. The summed E-state index contributed by atoms with van der Waals surface area (Å²) in [5.41, 5.74) is 2.26. The lowest BCUT2D eigenvalue weighted by atomic mass is 10.0. The predicted molar refractivity (Wildman–Crippen MR) is 183 cm³/mol. The van der Waals surface area contributed by atoms with Crippen molar-refractivity contribution in [1.82, 2.24) is 9.62 Å². The molecule has 0 saturated carbocycles. The molecular formula is C35H41N3O8S2. The molecule has 1 aromatic heterocycles. The largest absolute Gasteiger partial charge is 0.443 e. The van der Waals surface area contributed by atoms with Gasteiger partial charge < -0.3 is 30.0 Å². The zero-order chi connectivity index (χ0) is 34.0. The second kappa shape index (κ2) is 14.5. The first-order valence-electron chi connectivity index (χ1n) is 16.1. The maximum Gasteiger partial charge on any atom is 0.407 e. The van der Waals surface area contributed by atoms with Crippen molar-refractivity contribution in [3.63, 3.8) is 0 Å². The lowest BCUT2D eigenvalue weighted by Gasteiger charge is -2.31. The number of thiophene rings is 1. The smallest absolute Gasteiger partial charge is 0.407 e. The highest BCUT2D eigenvalue weighted by Gasteiger charge is 2.44. The Balaban J connectivity index is 1.24. The van der Waals surface area contributed by atoms with Gasteiger partial charge in [-0.2, -0.15) is 4.31 Å². The van der Waals surface area contributed by atoms with Gasteiger partial charge >= 0.3 is 6.09 Å².